The number of rotatable bonds is 2. The van der Waals surface area contributed by atoms with Crippen LogP contribution in [0.1, 0.15) is 12.8 Å². The van der Waals surface area contributed by atoms with E-state index in [4.69, 9.17) is 16.3 Å². The smallest absolute Gasteiger partial charge is 0.147 e. The van der Waals surface area contributed by atoms with Gasteiger partial charge in [0.2, 0.25) is 0 Å². The van der Waals surface area contributed by atoms with Crippen molar-refractivity contribution >= 4 is 33.3 Å². The fourth-order valence-corrected chi connectivity index (χ4v) is 3.77. The summed E-state index contributed by atoms with van der Waals surface area (Å²) in [7, 11) is 0. The summed E-state index contributed by atoms with van der Waals surface area (Å²) in [5, 5.41) is 0.726. The Kier molecular flexibility index (Phi) is 4.81. The summed E-state index contributed by atoms with van der Waals surface area (Å²) >= 11 is 9.68. The van der Waals surface area contributed by atoms with Crippen LogP contribution in [0.4, 0.5) is 5.82 Å². The van der Waals surface area contributed by atoms with E-state index in [1.807, 2.05) is 12.3 Å². The molecule has 0 bridgehead atoms. The maximum atomic E-state index is 6.29. The number of ether oxygens (including phenoxy) is 1. The largest absolute Gasteiger partial charge is 0.379 e. The SMILES string of the molecule is Clc1cc(Br)cnc1N1CCC(N2CCOCC2)CC1. The highest BCUT2D eigenvalue weighted by atomic mass is 79.9. The zero-order chi connectivity index (χ0) is 13.9. The quantitative estimate of drug-likeness (QED) is 0.811. The summed E-state index contributed by atoms with van der Waals surface area (Å²) in [4.78, 5) is 9.32. The summed E-state index contributed by atoms with van der Waals surface area (Å²) in [6.07, 6.45) is 4.16. The average Bonchev–Trinajstić information content (AvgIpc) is 2.48. The molecule has 2 aliphatic heterocycles. The third-order valence-corrected chi connectivity index (χ3v) is 4.83. The highest BCUT2D eigenvalue weighted by Crippen LogP contribution is 2.29. The predicted octanol–water partition coefficient (Wildman–Crippen LogP) is 2.80. The van der Waals surface area contributed by atoms with Gasteiger partial charge in [-0.3, -0.25) is 4.90 Å². The summed E-state index contributed by atoms with van der Waals surface area (Å²) < 4.78 is 6.35. The van der Waals surface area contributed by atoms with E-state index in [9.17, 15) is 0 Å². The minimum Gasteiger partial charge on any atom is -0.379 e. The first-order valence-electron chi connectivity index (χ1n) is 7.12. The van der Waals surface area contributed by atoms with E-state index in [0.29, 0.717) is 6.04 Å². The Morgan fingerprint density at radius 1 is 1.20 bits per heavy atom. The van der Waals surface area contributed by atoms with Crippen LogP contribution >= 0.6 is 27.5 Å². The van der Waals surface area contributed by atoms with Gasteiger partial charge in [-0.15, -0.1) is 0 Å². The van der Waals surface area contributed by atoms with E-state index in [-0.39, 0.29) is 0 Å². The Labute approximate surface area is 133 Å². The van der Waals surface area contributed by atoms with Crippen molar-refractivity contribution in [3.05, 3.63) is 21.8 Å². The number of piperidine rings is 1. The molecule has 20 heavy (non-hydrogen) atoms. The van der Waals surface area contributed by atoms with Gasteiger partial charge in [0.15, 0.2) is 0 Å². The van der Waals surface area contributed by atoms with Gasteiger partial charge < -0.3 is 9.64 Å². The second kappa shape index (κ2) is 6.60. The molecule has 4 nitrogen and oxygen atoms in total. The second-order valence-corrected chi connectivity index (χ2v) is 6.65. The van der Waals surface area contributed by atoms with Gasteiger partial charge in [0.05, 0.1) is 18.2 Å². The molecule has 3 heterocycles. The molecule has 0 atom stereocenters. The molecular formula is C14H19BrClN3O. The monoisotopic (exact) mass is 359 g/mol. The highest BCUT2D eigenvalue weighted by molar-refractivity contribution is 9.10. The zero-order valence-electron chi connectivity index (χ0n) is 11.4. The lowest BCUT2D eigenvalue weighted by Gasteiger charge is -2.40. The molecule has 0 unspecified atom stereocenters. The number of halogens is 2. The summed E-state index contributed by atoms with van der Waals surface area (Å²) in [5.74, 6) is 0.912. The van der Waals surface area contributed by atoms with E-state index in [2.05, 4.69) is 30.7 Å². The summed E-state index contributed by atoms with van der Waals surface area (Å²) in [6.45, 7) is 5.94. The maximum Gasteiger partial charge on any atom is 0.147 e. The van der Waals surface area contributed by atoms with Crippen LogP contribution in [0, 0.1) is 0 Å². The van der Waals surface area contributed by atoms with Gasteiger partial charge in [-0.1, -0.05) is 11.6 Å². The molecule has 0 aliphatic carbocycles. The standard InChI is InChI=1S/C14H19BrClN3O/c15-11-9-13(16)14(17-10-11)19-3-1-12(2-4-19)18-5-7-20-8-6-18/h9-10,12H,1-8H2. The molecule has 1 aromatic heterocycles. The Balaban J connectivity index is 1.60. The van der Waals surface area contributed by atoms with Gasteiger partial charge in [0.25, 0.3) is 0 Å². The number of hydrogen-bond donors (Lipinski definition) is 0. The molecule has 3 rings (SSSR count). The van der Waals surface area contributed by atoms with Gasteiger partial charge in [-0.25, -0.2) is 4.98 Å². The molecule has 2 fully saturated rings. The number of morpholine rings is 1. The zero-order valence-corrected chi connectivity index (χ0v) is 13.7. The minimum atomic E-state index is 0.685. The number of hydrogen-bond acceptors (Lipinski definition) is 4. The fraction of sp³-hybridized carbons (Fsp3) is 0.643. The molecule has 0 aromatic carbocycles. The summed E-state index contributed by atoms with van der Waals surface area (Å²) in [5.41, 5.74) is 0. The first-order chi connectivity index (χ1) is 9.74. The van der Waals surface area contributed by atoms with E-state index in [0.717, 1.165) is 54.7 Å². The molecule has 0 radical (unpaired) electrons. The number of anilines is 1. The lowest BCUT2D eigenvalue weighted by molar-refractivity contribution is 0.0115. The van der Waals surface area contributed by atoms with Crippen molar-refractivity contribution < 1.29 is 4.74 Å². The normalized spacial score (nSPS) is 22.2. The number of nitrogens with zero attached hydrogens (tertiary/aromatic N) is 3. The number of pyridine rings is 1. The molecular weight excluding hydrogens is 342 g/mol. The highest BCUT2D eigenvalue weighted by Gasteiger charge is 2.27. The number of aromatic nitrogens is 1. The molecule has 0 saturated carbocycles. The van der Waals surface area contributed by atoms with Gasteiger partial charge in [-0.2, -0.15) is 0 Å². The Bertz CT molecular complexity index is 460. The van der Waals surface area contributed by atoms with Crippen molar-refractivity contribution in [3.8, 4) is 0 Å². The molecule has 1 aromatic rings. The van der Waals surface area contributed by atoms with E-state index < -0.39 is 0 Å². The van der Waals surface area contributed by atoms with Crippen LogP contribution in [-0.4, -0.2) is 55.3 Å². The molecule has 0 amide bonds. The third kappa shape index (κ3) is 3.27. The molecule has 6 heteroatoms. The Hall–Kier alpha value is -0.360. The minimum absolute atomic E-state index is 0.685. The third-order valence-electron chi connectivity index (χ3n) is 4.11. The Morgan fingerprint density at radius 2 is 1.90 bits per heavy atom. The van der Waals surface area contributed by atoms with Crippen LogP contribution in [0.5, 0.6) is 0 Å². The predicted molar refractivity (Wildman–Crippen MR) is 84.6 cm³/mol. The fourth-order valence-electron chi connectivity index (χ4n) is 3.03. The maximum absolute atomic E-state index is 6.29. The summed E-state index contributed by atoms with van der Waals surface area (Å²) in [6, 6.07) is 2.60. The van der Waals surface area contributed by atoms with Gasteiger partial charge in [0.1, 0.15) is 5.82 Å². The molecule has 0 N–H and O–H groups in total. The van der Waals surface area contributed by atoms with Crippen LogP contribution in [0.15, 0.2) is 16.7 Å². The van der Waals surface area contributed by atoms with E-state index in [1.54, 1.807) is 0 Å². The molecule has 0 spiro atoms. The molecule has 110 valence electrons. The molecule has 2 aliphatic rings. The van der Waals surface area contributed by atoms with Crippen molar-refractivity contribution in [1.29, 1.82) is 0 Å². The topological polar surface area (TPSA) is 28.6 Å². The van der Waals surface area contributed by atoms with Crippen molar-refractivity contribution in [2.45, 2.75) is 18.9 Å². The lowest BCUT2D eigenvalue weighted by Crippen LogP contribution is -2.49. The van der Waals surface area contributed by atoms with Crippen LogP contribution in [0.3, 0.4) is 0 Å². The Morgan fingerprint density at radius 3 is 2.55 bits per heavy atom. The average molecular weight is 361 g/mol. The van der Waals surface area contributed by atoms with Gasteiger partial charge in [-0.05, 0) is 34.8 Å². The van der Waals surface area contributed by atoms with Gasteiger partial charge in [0, 0.05) is 42.9 Å². The first-order valence-corrected chi connectivity index (χ1v) is 8.29. The lowest BCUT2D eigenvalue weighted by atomic mass is 10.0. The van der Waals surface area contributed by atoms with Crippen molar-refractivity contribution in [3.63, 3.8) is 0 Å². The van der Waals surface area contributed by atoms with Crippen LogP contribution < -0.4 is 4.90 Å². The molecule has 2 saturated heterocycles. The van der Waals surface area contributed by atoms with Crippen LogP contribution in [-0.2, 0) is 4.74 Å². The van der Waals surface area contributed by atoms with E-state index in [1.165, 1.54) is 12.8 Å². The van der Waals surface area contributed by atoms with Crippen LogP contribution in [0.25, 0.3) is 0 Å². The van der Waals surface area contributed by atoms with Crippen molar-refractivity contribution in [1.82, 2.24) is 9.88 Å². The van der Waals surface area contributed by atoms with Crippen LogP contribution in [0.2, 0.25) is 5.02 Å². The van der Waals surface area contributed by atoms with Gasteiger partial charge >= 0.3 is 0 Å². The van der Waals surface area contributed by atoms with Crippen molar-refractivity contribution in [2.75, 3.05) is 44.3 Å². The first kappa shape index (κ1) is 14.6. The van der Waals surface area contributed by atoms with E-state index >= 15 is 0 Å². The second-order valence-electron chi connectivity index (χ2n) is 5.33. The van der Waals surface area contributed by atoms with Crippen molar-refractivity contribution in [2.24, 2.45) is 0 Å².